The van der Waals surface area contributed by atoms with Gasteiger partial charge >= 0.3 is 0 Å². The van der Waals surface area contributed by atoms with Gasteiger partial charge in [0.25, 0.3) is 0 Å². The van der Waals surface area contributed by atoms with E-state index in [2.05, 4.69) is 36.5 Å². The first-order valence-electron chi connectivity index (χ1n) is 11.1. The third-order valence-corrected chi connectivity index (χ3v) is 7.55. The number of hydrogen-bond donors (Lipinski definition) is 1. The smallest absolute Gasteiger partial charge is 0.241 e. The summed E-state index contributed by atoms with van der Waals surface area (Å²) in [6.07, 6.45) is 0.758. The van der Waals surface area contributed by atoms with Gasteiger partial charge in [0.2, 0.25) is 11.8 Å². The van der Waals surface area contributed by atoms with Crippen LogP contribution in [0.1, 0.15) is 23.6 Å². The molecule has 0 aliphatic carbocycles. The number of anilines is 1. The molecular formula is C27H27ClN2O2S. The number of hydrogen-bond acceptors (Lipinski definition) is 3. The van der Waals surface area contributed by atoms with E-state index in [1.54, 1.807) is 4.90 Å². The Morgan fingerprint density at radius 1 is 1.06 bits per heavy atom. The van der Waals surface area contributed by atoms with E-state index in [-0.39, 0.29) is 11.8 Å². The summed E-state index contributed by atoms with van der Waals surface area (Å²) < 4.78 is 0. The molecule has 4 rings (SSSR count). The standard InChI is InChI=1S/C27H27ClN2O2S/c1-18-10-12-20(13-11-18)14-15-29-26(31)19(2)25-27(32)30(17-21-6-5-7-22(28)16-21)23-8-3-4-9-24(23)33-25/h3-13,16,19,25H,14-15,17H2,1-2H3,(H,29,31). The van der Waals surface area contributed by atoms with Crippen molar-refractivity contribution in [3.05, 3.63) is 94.5 Å². The van der Waals surface area contributed by atoms with Gasteiger partial charge in [-0.25, -0.2) is 0 Å². The lowest BCUT2D eigenvalue weighted by molar-refractivity contribution is -0.128. The molecule has 2 atom stereocenters. The van der Waals surface area contributed by atoms with Gasteiger partial charge in [-0.15, -0.1) is 11.8 Å². The highest BCUT2D eigenvalue weighted by Gasteiger charge is 2.39. The summed E-state index contributed by atoms with van der Waals surface area (Å²) in [6, 6.07) is 23.7. The second kappa shape index (κ2) is 10.4. The summed E-state index contributed by atoms with van der Waals surface area (Å²) in [5, 5.41) is 3.17. The Bertz CT molecular complexity index is 1150. The second-order valence-electron chi connectivity index (χ2n) is 8.38. The molecule has 2 unspecified atom stereocenters. The van der Waals surface area contributed by atoms with Crippen molar-refractivity contribution in [2.24, 2.45) is 5.92 Å². The van der Waals surface area contributed by atoms with Crippen molar-refractivity contribution in [1.82, 2.24) is 5.32 Å². The molecule has 1 heterocycles. The van der Waals surface area contributed by atoms with Gasteiger partial charge in [-0.3, -0.25) is 9.59 Å². The van der Waals surface area contributed by atoms with Crippen molar-refractivity contribution in [1.29, 1.82) is 0 Å². The lowest BCUT2D eigenvalue weighted by Crippen LogP contribution is -2.47. The predicted octanol–water partition coefficient (Wildman–Crippen LogP) is 5.65. The Morgan fingerprint density at radius 3 is 2.58 bits per heavy atom. The monoisotopic (exact) mass is 478 g/mol. The number of carbonyl (C=O) groups is 2. The molecule has 0 spiro atoms. The van der Waals surface area contributed by atoms with Gasteiger partial charge in [-0.05, 0) is 48.7 Å². The number of halogens is 1. The Hall–Kier alpha value is -2.76. The third-order valence-electron chi connectivity index (χ3n) is 5.85. The quantitative estimate of drug-likeness (QED) is 0.477. The fraction of sp³-hybridized carbons (Fsp3) is 0.259. The lowest BCUT2D eigenvalue weighted by atomic mass is 10.0. The summed E-state index contributed by atoms with van der Waals surface area (Å²) in [5.74, 6) is -0.620. The highest BCUT2D eigenvalue weighted by molar-refractivity contribution is 8.01. The van der Waals surface area contributed by atoms with Crippen LogP contribution in [0.4, 0.5) is 5.69 Å². The van der Waals surface area contributed by atoms with E-state index in [0.29, 0.717) is 18.1 Å². The number of nitrogens with one attached hydrogen (secondary N) is 1. The van der Waals surface area contributed by atoms with Gasteiger partial charge in [0.1, 0.15) is 5.25 Å². The SMILES string of the molecule is Cc1ccc(CCNC(=O)C(C)C2Sc3ccccc3N(Cc3cccc(Cl)c3)C2=O)cc1. The number of carbonyl (C=O) groups excluding carboxylic acids is 2. The highest BCUT2D eigenvalue weighted by atomic mass is 35.5. The number of rotatable bonds is 7. The van der Waals surface area contributed by atoms with Crippen molar-refractivity contribution in [2.75, 3.05) is 11.4 Å². The van der Waals surface area contributed by atoms with Crippen LogP contribution >= 0.6 is 23.4 Å². The molecule has 0 radical (unpaired) electrons. The van der Waals surface area contributed by atoms with Crippen LogP contribution in [0.15, 0.2) is 77.7 Å². The van der Waals surface area contributed by atoms with Crippen LogP contribution in [0.3, 0.4) is 0 Å². The number of nitrogens with zero attached hydrogens (tertiary/aromatic N) is 1. The zero-order valence-electron chi connectivity index (χ0n) is 18.8. The normalized spacial score (nSPS) is 16.3. The van der Waals surface area contributed by atoms with Crippen molar-refractivity contribution in [3.8, 4) is 0 Å². The summed E-state index contributed by atoms with van der Waals surface area (Å²) in [6.45, 7) is 4.85. The van der Waals surface area contributed by atoms with E-state index in [1.807, 2.05) is 55.5 Å². The van der Waals surface area contributed by atoms with E-state index < -0.39 is 11.2 Å². The molecule has 1 aliphatic rings. The number of aryl methyl sites for hydroxylation is 1. The number of benzene rings is 3. The van der Waals surface area contributed by atoms with Gasteiger partial charge in [0, 0.05) is 16.5 Å². The molecule has 0 fully saturated rings. The Balaban J connectivity index is 1.46. The van der Waals surface area contributed by atoms with Crippen molar-refractivity contribution in [2.45, 2.75) is 37.0 Å². The fourth-order valence-corrected chi connectivity index (χ4v) is 5.42. The minimum Gasteiger partial charge on any atom is -0.355 e. The van der Waals surface area contributed by atoms with Crippen molar-refractivity contribution < 1.29 is 9.59 Å². The average Bonchev–Trinajstić information content (AvgIpc) is 2.81. The molecule has 3 aromatic carbocycles. The largest absolute Gasteiger partial charge is 0.355 e. The molecule has 0 saturated carbocycles. The summed E-state index contributed by atoms with van der Waals surface area (Å²) >= 11 is 7.63. The van der Waals surface area contributed by atoms with Crippen LogP contribution < -0.4 is 10.2 Å². The zero-order valence-corrected chi connectivity index (χ0v) is 20.3. The highest BCUT2D eigenvalue weighted by Crippen LogP contribution is 2.42. The Morgan fingerprint density at radius 2 is 1.82 bits per heavy atom. The first-order chi connectivity index (χ1) is 15.9. The van der Waals surface area contributed by atoms with Crippen LogP contribution in [0.5, 0.6) is 0 Å². The minimum absolute atomic E-state index is 0.0557. The number of thioether (sulfide) groups is 1. The maximum absolute atomic E-state index is 13.5. The molecule has 4 nitrogen and oxygen atoms in total. The summed E-state index contributed by atoms with van der Waals surface area (Å²) in [5.41, 5.74) is 4.22. The molecular weight excluding hydrogens is 452 g/mol. The second-order valence-corrected chi connectivity index (χ2v) is 10.00. The minimum atomic E-state index is -0.488. The van der Waals surface area contributed by atoms with E-state index in [1.165, 1.54) is 22.9 Å². The Kier molecular flexibility index (Phi) is 7.41. The van der Waals surface area contributed by atoms with E-state index >= 15 is 0 Å². The molecule has 170 valence electrons. The van der Waals surface area contributed by atoms with Gasteiger partial charge < -0.3 is 10.2 Å². The third kappa shape index (κ3) is 5.60. The topological polar surface area (TPSA) is 49.4 Å². The molecule has 6 heteroatoms. The van der Waals surface area contributed by atoms with Crippen molar-refractivity contribution in [3.63, 3.8) is 0 Å². The molecule has 0 aromatic heterocycles. The molecule has 1 N–H and O–H groups in total. The van der Waals surface area contributed by atoms with Crippen molar-refractivity contribution >= 4 is 40.9 Å². The average molecular weight is 479 g/mol. The van der Waals surface area contributed by atoms with Crippen LogP contribution in [0, 0.1) is 12.8 Å². The first-order valence-corrected chi connectivity index (χ1v) is 12.3. The van der Waals surface area contributed by atoms with E-state index in [4.69, 9.17) is 11.6 Å². The van der Waals surface area contributed by atoms with Gasteiger partial charge in [0.05, 0.1) is 18.2 Å². The van der Waals surface area contributed by atoms with Gasteiger partial charge in [0.15, 0.2) is 0 Å². The molecule has 33 heavy (non-hydrogen) atoms. The predicted molar refractivity (Wildman–Crippen MR) is 136 cm³/mol. The fourth-order valence-electron chi connectivity index (χ4n) is 3.92. The van der Waals surface area contributed by atoms with Gasteiger partial charge in [-0.2, -0.15) is 0 Å². The van der Waals surface area contributed by atoms with Gasteiger partial charge in [-0.1, -0.05) is 72.6 Å². The van der Waals surface area contributed by atoms with Crippen LogP contribution in [-0.2, 0) is 22.6 Å². The van der Waals surface area contributed by atoms with E-state index in [0.717, 1.165) is 22.6 Å². The van der Waals surface area contributed by atoms with E-state index in [9.17, 15) is 9.59 Å². The number of amides is 2. The number of fused-ring (bicyclic) bond motifs is 1. The molecule has 0 saturated heterocycles. The van der Waals surface area contributed by atoms with Crippen LogP contribution in [0.2, 0.25) is 5.02 Å². The van der Waals surface area contributed by atoms with Crippen LogP contribution in [-0.4, -0.2) is 23.6 Å². The number of para-hydroxylation sites is 1. The maximum atomic E-state index is 13.5. The zero-order chi connectivity index (χ0) is 23.4. The van der Waals surface area contributed by atoms with Crippen LogP contribution in [0.25, 0.3) is 0 Å². The molecule has 0 bridgehead atoms. The molecule has 2 amide bonds. The first kappa shape index (κ1) is 23.4. The molecule has 1 aliphatic heterocycles. The Labute approximate surface area is 204 Å². The maximum Gasteiger partial charge on any atom is 0.241 e. The lowest BCUT2D eigenvalue weighted by Gasteiger charge is -2.35. The summed E-state index contributed by atoms with van der Waals surface area (Å²) in [4.78, 5) is 29.3. The molecule has 3 aromatic rings. The summed E-state index contributed by atoms with van der Waals surface area (Å²) in [7, 11) is 0.